The van der Waals surface area contributed by atoms with Crippen molar-refractivity contribution in [2.75, 3.05) is 0 Å². The molecule has 0 saturated heterocycles. The van der Waals surface area contributed by atoms with Gasteiger partial charge in [-0.3, -0.25) is 0 Å². The lowest BCUT2D eigenvalue weighted by Gasteiger charge is -2.35. The third kappa shape index (κ3) is 2.93. The van der Waals surface area contributed by atoms with Crippen LogP contribution in [0.4, 0.5) is 0 Å². The topological polar surface area (TPSA) is 75.7 Å². The smallest absolute Gasteiger partial charge is 0.171 e. The normalized spacial score (nSPS) is 15.3. The number of fused-ring (bicyclic) bond motifs is 1. The van der Waals surface area contributed by atoms with Gasteiger partial charge < -0.3 is 19.5 Å². The fraction of sp³-hybridized carbons (Fsp3) is 0.318. The van der Waals surface area contributed by atoms with Crippen molar-refractivity contribution in [1.29, 1.82) is 0 Å². The van der Waals surface area contributed by atoms with Crippen molar-refractivity contribution in [3.63, 3.8) is 0 Å². The lowest BCUT2D eigenvalue weighted by atomic mass is 9.86. The van der Waals surface area contributed by atoms with E-state index in [-0.39, 0.29) is 17.1 Å². The Morgan fingerprint density at radius 2 is 1.74 bits per heavy atom. The zero-order valence-electron chi connectivity index (χ0n) is 16.0. The van der Waals surface area contributed by atoms with E-state index in [0.717, 1.165) is 40.8 Å². The average Bonchev–Trinajstić information content (AvgIpc) is 3.10. The second-order valence-corrected chi connectivity index (χ2v) is 7.77. The molecule has 0 radical (unpaired) electrons. The Morgan fingerprint density at radius 3 is 2.44 bits per heavy atom. The van der Waals surface area contributed by atoms with Crippen LogP contribution in [0.25, 0.3) is 22.6 Å². The Hall–Kier alpha value is -2.95. The molecule has 2 heterocycles. The summed E-state index contributed by atoms with van der Waals surface area (Å²) in [7, 11) is 0. The van der Waals surface area contributed by atoms with E-state index in [1.165, 1.54) is 0 Å². The number of aromatic hydroxyl groups is 2. The predicted octanol–water partition coefficient (Wildman–Crippen LogP) is 5.14. The summed E-state index contributed by atoms with van der Waals surface area (Å²) < 4.78 is 11.9. The second kappa shape index (κ2) is 6.05. The molecule has 0 fully saturated rings. The van der Waals surface area contributed by atoms with E-state index < -0.39 is 0 Å². The van der Waals surface area contributed by atoms with Gasteiger partial charge >= 0.3 is 0 Å². The zero-order valence-corrected chi connectivity index (χ0v) is 16.0. The maximum atomic E-state index is 10.9. The summed E-state index contributed by atoms with van der Waals surface area (Å²) in [6.07, 6.45) is 1.65. The maximum Gasteiger partial charge on any atom is 0.171 e. The Morgan fingerprint density at radius 1 is 1.04 bits per heavy atom. The number of ether oxygens (including phenoxy) is 1. The Labute approximate surface area is 158 Å². The van der Waals surface area contributed by atoms with Gasteiger partial charge in [-0.15, -0.1) is 0 Å². The fourth-order valence-corrected chi connectivity index (χ4v) is 3.57. The number of hydrogen-bond donors (Lipinski definition) is 2. The van der Waals surface area contributed by atoms with E-state index in [9.17, 15) is 10.2 Å². The first-order valence-corrected chi connectivity index (χ1v) is 9.07. The molecular weight excluding hydrogens is 342 g/mol. The van der Waals surface area contributed by atoms with Crippen LogP contribution in [0, 0.1) is 13.8 Å². The minimum atomic E-state index is -0.239. The molecule has 4 rings (SSSR count). The van der Waals surface area contributed by atoms with Crippen LogP contribution in [0.2, 0.25) is 0 Å². The van der Waals surface area contributed by atoms with Crippen LogP contribution >= 0.6 is 0 Å². The highest BCUT2D eigenvalue weighted by Gasteiger charge is 2.33. The second-order valence-electron chi connectivity index (χ2n) is 7.77. The monoisotopic (exact) mass is 365 g/mol. The molecule has 0 saturated carbocycles. The number of hydrogen-bond acceptors (Lipinski definition) is 5. The lowest BCUT2D eigenvalue weighted by molar-refractivity contribution is 0.0836. The SMILES string of the molecule is Cc1c(C)c2c(c(-c3cc(-c4ccc(O)cc4)no3)c1O)CCC(C)(C)O2. The predicted molar refractivity (Wildman–Crippen MR) is 103 cm³/mol. The van der Waals surface area contributed by atoms with Crippen LogP contribution in [0.3, 0.4) is 0 Å². The number of phenolic OH excluding ortho intramolecular Hbond substituents is 2. The summed E-state index contributed by atoms with van der Waals surface area (Å²) in [6, 6.07) is 8.58. The molecule has 140 valence electrons. The van der Waals surface area contributed by atoms with E-state index in [0.29, 0.717) is 17.0 Å². The highest BCUT2D eigenvalue weighted by atomic mass is 16.5. The summed E-state index contributed by atoms with van der Waals surface area (Å²) in [6.45, 7) is 8.02. The van der Waals surface area contributed by atoms with E-state index in [1.807, 2.05) is 19.9 Å². The molecule has 5 heteroatoms. The first-order chi connectivity index (χ1) is 12.8. The lowest BCUT2D eigenvalue weighted by Crippen LogP contribution is -2.33. The first-order valence-electron chi connectivity index (χ1n) is 9.07. The van der Waals surface area contributed by atoms with Gasteiger partial charge in [-0.05, 0) is 75.9 Å². The molecule has 0 amide bonds. The van der Waals surface area contributed by atoms with Gasteiger partial charge in [-0.25, -0.2) is 0 Å². The summed E-state index contributed by atoms with van der Waals surface area (Å²) >= 11 is 0. The minimum absolute atomic E-state index is 0.197. The molecule has 1 aliphatic rings. The molecule has 0 spiro atoms. The van der Waals surface area contributed by atoms with Gasteiger partial charge in [-0.2, -0.15) is 0 Å². The van der Waals surface area contributed by atoms with E-state index in [1.54, 1.807) is 24.3 Å². The van der Waals surface area contributed by atoms with E-state index in [4.69, 9.17) is 9.26 Å². The molecule has 1 aliphatic heterocycles. The van der Waals surface area contributed by atoms with Gasteiger partial charge in [-0.1, -0.05) is 5.16 Å². The van der Waals surface area contributed by atoms with Crippen LogP contribution in [0.15, 0.2) is 34.9 Å². The number of nitrogens with zero attached hydrogens (tertiary/aromatic N) is 1. The third-order valence-electron chi connectivity index (χ3n) is 5.35. The van der Waals surface area contributed by atoms with Gasteiger partial charge in [0.25, 0.3) is 0 Å². The van der Waals surface area contributed by atoms with Crippen LogP contribution in [-0.4, -0.2) is 21.0 Å². The molecule has 0 atom stereocenters. The van der Waals surface area contributed by atoms with Crippen LogP contribution < -0.4 is 4.74 Å². The molecule has 5 nitrogen and oxygen atoms in total. The van der Waals surface area contributed by atoms with Gasteiger partial charge in [0.2, 0.25) is 0 Å². The Kier molecular flexibility index (Phi) is 3.91. The molecule has 27 heavy (non-hydrogen) atoms. The summed E-state index contributed by atoms with van der Waals surface area (Å²) in [4.78, 5) is 0. The Bertz CT molecular complexity index is 1020. The van der Waals surface area contributed by atoms with Crippen LogP contribution in [0.1, 0.15) is 37.0 Å². The van der Waals surface area contributed by atoms with Gasteiger partial charge in [0.15, 0.2) is 5.76 Å². The van der Waals surface area contributed by atoms with Crippen molar-refractivity contribution >= 4 is 0 Å². The van der Waals surface area contributed by atoms with Crippen molar-refractivity contribution < 1.29 is 19.5 Å². The van der Waals surface area contributed by atoms with Crippen molar-refractivity contribution in [2.24, 2.45) is 0 Å². The van der Waals surface area contributed by atoms with E-state index in [2.05, 4.69) is 19.0 Å². The van der Waals surface area contributed by atoms with Crippen molar-refractivity contribution in [3.05, 3.63) is 47.0 Å². The molecule has 1 aromatic heterocycles. The van der Waals surface area contributed by atoms with Gasteiger partial charge in [0.05, 0.1) is 5.56 Å². The Balaban J connectivity index is 1.85. The largest absolute Gasteiger partial charge is 0.508 e. The molecule has 0 bridgehead atoms. The molecule has 0 aliphatic carbocycles. The van der Waals surface area contributed by atoms with Crippen molar-refractivity contribution in [2.45, 2.75) is 46.1 Å². The van der Waals surface area contributed by atoms with E-state index >= 15 is 0 Å². The zero-order chi connectivity index (χ0) is 19.3. The highest BCUT2D eigenvalue weighted by Crippen LogP contribution is 2.48. The first kappa shape index (κ1) is 17.5. The summed E-state index contributed by atoms with van der Waals surface area (Å²) in [5.74, 6) is 1.75. The molecule has 3 aromatic rings. The molecule has 0 unspecified atom stereocenters. The van der Waals surface area contributed by atoms with Gasteiger partial charge in [0, 0.05) is 17.2 Å². The highest BCUT2D eigenvalue weighted by molar-refractivity contribution is 5.79. The number of benzene rings is 2. The number of aromatic nitrogens is 1. The van der Waals surface area contributed by atoms with Crippen LogP contribution in [-0.2, 0) is 6.42 Å². The molecule has 2 aromatic carbocycles. The number of phenols is 2. The molecular formula is C22H23NO4. The fourth-order valence-electron chi connectivity index (χ4n) is 3.57. The van der Waals surface area contributed by atoms with Crippen molar-refractivity contribution in [1.82, 2.24) is 5.16 Å². The number of rotatable bonds is 2. The summed E-state index contributed by atoms with van der Waals surface area (Å²) in [5, 5.41) is 24.5. The van der Waals surface area contributed by atoms with Crippen LogP contribution in [0.5, 0.6) is 17.2 Å². The standard InChI is InChI=1S/C22H23NO4/c1-12-13(2)21-16(9-10-22(3,4)26-21)19(20(12)25)18-11-17(23-27-18)14-5-7-15(24)8-6-14/h5-8,11,24-25H,9-10H2,1-4H3. The van der Waals surface area contributed by atoms with Crippen molar-refractivity contribution in [3.8, 4) is 39.8 Å². The van der Waals surface area contributed by atoms with Gasteiger partial charge in [0.1, 0.15) is 28.5 Å². The quantitative estimate of drug-likeness (QED) is 0.657. The third-order valence-corrected chi connectivity index (χ3v) is 5.35. The maximum absolute atomic E-state index is 10.9. The summed E-state index contributed by atoms with van der Waals surface area (Å²) in [5.41, 5.74) is 4.59. The molecule has 2 N–H and O–H groups in total. The average molecular weight is 365 g/mol. The minimum Gasteiger partial charge on any atom is -0.508 e.